The molecule has 1 amide bonds. The van der Waals surface area contributed by atoms with Crippen molar-refractivity contribution in [3.63, 3.8) is 0 Å². The second kappa shape index (κ2) is 11.3. The molecule has 2 aromatic heterocycles. The normalized spacial score (nSPS) is 14.8. The highest BCUT2D eigenvalue weighted by atomic mass is 19.1. The van der Waals surface area contributed by atoms with E-state index in [1.165, 1.54) is 0 Å². The van der Waals surface area contributed by atoms with E-state index < -0.39 is 5.82 Å². The predicted molar refractivity (Wildman–Crippen MR) is 154 cm³/mol. The van der Waals surface area contributed by atoms with E-state index in [9.17, 15) is 4.79 Å². The molecule has 0 aliphatic carbocycles. The van der Waals surface area contributed by atoms with Gasteiger partial charge in [-0.15, -0.1) is 0 Å². The molecule has 9 heteroatoms. The standard InChI is InChI=1S/C31H36FN5O3/c1-20-27(9-6-21(30(20)32)16-29(38)35-22-18-34-37(19-22)31(2,3)4)40-28-10-13-33-26-8-7-24(17-25(26)28)39-23-11-14-36(5)15-12-23/h6-10,13,17-19,23H,11-12,14-16H2,1-5H3,(H,35,38). The Kier molecular flexibility index (Phi) is 7.76. The molecule has 3 heterocycles. The largest absolute Gasteiger partial charge is 0.490 e. The minimum atomic E-state index is -0.470. The number of rotatable bonds is 7. The summed E-state index contributed by atoms with van der Waals surface area (Å²) in [6.07, 6.45) is 7.04. The summed E-state index contributed by atoms with van der Waals surface area (Å²) in [6.45, 7) is 9.73. The maximum atomic E-state index is 15.4. The molecule has 0 saturated carbocycles. The molecule has 210 valence electrons. The lowest BCUT2D eigenvalue weighted by atomic mass is 10.1. The predicted octanol–water partition coefficient (Wildman–Crippen LogP) is 6.08. The van der Waals surface area contributed by atoms with Gasteiger partial charge in [-0.25, -0.2) is 4.39 Å². The Morgan fingerprint density at radius 2 is 1.90 bits per heavy atom. The number of hydrogen-bond acceptors (Lipinski definition) is 6. The van der Waals surface area contributed by atoms with Crippen LogP contribution in [-0.2, 0) is 16.8 Å². The zero-order valence-corrected chi connectivity index (χ0v) is 23.7. The van der Waals surface area contributed by atoms with Crippen molar-refractivity contribution >= 4 is 22.5 Å². The first-order chi connectivity index (χ1) is 19.1. The average molecular weight is 546 g/mol. The van der Waals surface area contributed by atoms with Crippen LogP contribution < -0.4 is 14.8 Å². The Morgan fingerprint density at radius 3 is 2.62 bits per heavy atom. The number of nitrogens with zero attached hydrogens (tertiary/aromatic N) is 4. The molecular formula is C31H36FN5O3. The molecular weight excluding hydrogens is 509 g/mol. The molecule has 8 nitrogen and oxygen atoms in total. The topological polar surface area (TPSA) is 81.5 Å². The zero-order chi connectivity index (χ0) is 28.4. The fourth-order valence-corrected chi connectivity index (χ4v) is 4.78. The molecule has 0 spiro atoms. The number of carbonyl (C=O) groups excluding carboxylic acids is 1. The third-order valence-electron chi connectivity index (χ3n) is 7.18. The van der Waals surface area contributed by atoms with Crippen molar-refractivity contribution in [1.29, 1.82) is 0 Å². The monoisotopic (exact) mass is 545 g/mol. The van der Waals surface area contributed by atoms with Gasteiger partial charge in [0, 0.05) is 36.4 Å². The van der Waals surface area contributed by atoms with Crippen molar-refractivity contribution < 1.29 is 18.7 Å². The second-order valence-electron chi connectivity index (χ2n) is 11.4. The number of fused-ring (bicyclic) bond motifs is 1. The summed E-state index contributed by atoms with van der Waals surface area (Å²) < 4.78 is 29.6. The van der Waals surface area contributed by atoms with Crippen molar-refractivity contribution in [3.05, 3.63) is 71.9 Å². The van der Waals surface area contributed by atoms with E-state index in [1.807, 2.05) is 39.0 Å². The lowest BCUT2D eigenvalue weighted by Crippen LogP contribution is -2.35. The van der Waals surface area contributed by atoms with Gasteiger partial charge in [-0.3, -0.25) is 14.5 Å². The van der Waals surface area contributed by atoms with E-state index in [1.54, 1.807) is 48.4 Å². The van der Waals surface area contributed by atoms with E-state index in [0.717, 1.165) is 42.6 Å². The van der Waals surface area contributed by atoms with Gasteiger partial charge in [-0.1, -0.05) is 6.07 Å². The average Bonchev–Trinajstić information content (AvgIpc) is 3.39. The summed E-state index contributed by atoms with van der Waals surface area (Å²) in [5.41, 5.74) is 1.74. The van der Waals surface area contributed by atoms with Crippen LogP contribution in [0.3, 0.4) is 0 Å². The molecule has 0 bridgehead atoms. The third-order valence-corrected chi connectivity index (χ3v) is 7.18. The zero-order valence-electron chi connectivity index (χ0n) is 23.7. The van der Waals surface area contributed by atoms with E-state index in [2.05, 4.69) is 27.3 Å². The van der Waals surface area contributed by atoms with Crippen LogP contribution in [0.4, 0.5) is 10.1 Å². The molecule has 1 aliphatic heterocycles. The van der Waals surface area contributed by atoms with E-state index >= 15 is 4.39 Å². The Balaban J connectivity index is 1.30. The van der Waals surface area contributed by atoms with Crippen LogP contribution in [0.2, 0.25) is 0 Å². The maximum absolute atomic E-state index is 15.4. The summed E-state index contributed by atoms with van der Waals surface area (Å²) in [6, 6.07) is 10.8. The number of ether oxygens (including phenoxy) is 2. The molecule has 1 fully saturated rings. The van der Waals surface area contributed by atoms with Crippen LogP contribution >= 0.6 is 0 Å². The van der Waals surface area contributed by atoms with Gasteiger partial charge in [0.25, 0.3) is 0 Å². The van der Waals surface area contributed by atoms with Gasteiger partial charge in [0.1, 0.15) is 29.2 Å². The minimum Gasteiger partial charge on any atom is -0.490 e. The number of likely N-dealkylation sites (tertiary alicyclic amines) is 1. The van der Waals surface area contributed by atoms with Crippen molar-refractivity contribution in [2.45, 2.75) is 58.6 Å². The van der Waals surface area contributed by atoms with Gasteiger partial charge < -0.3 is 19.7 Å². The fourth-order valence-electron chi connectivity index (χ4n) is 4.78. The number of hydrogen-bond donors (Lipinski definition) is 1. The van der Waals surface area contributed by atoms with Crippen LogP contribution in [0.5, 0.6) is 17.2 Å². The highest BCUT2D eigenvalue weighted by Crippen LogP contribution is 2.34. The van der Waals surface area contributed by atoms with E-state index in [0.29, 0.717) is 28.3 Å². The molecule has 1 N–H and O–H groups in total. The second-order valence-corrected chi connectivity index (χ2v) is 11.4. The molecule has 40 heavy (non-hydrogen) atoms. The number of aromatic nitrogens is 3. The maximum Gasteiger partial charge on any atom is 0.228 e. The lowest BCUT2D eigenvalue weighted by Gasteiger charge is -2.29. The van der Waals surface area contributed by atoms with Gasteiger partial charge in [-0.05, 0) is 83.5 Å². The number of amides is 1. The number of anilines is 1. The summed E-state index contributed by atoms with van der Waals surface area (Å²) in [4.78, 5) is 19.4. The molecule has 0 radical (unpaired) electrons. The van der Waals surface area contributed by atoms with E-state index in [4.69, 9.17) is 9.47 Å². The number of benzene rings is 2. The van der Waals surface area contributed by atoms with Crippen molar-refractivity contribution in [2.24, 2.45) is 0 Å². The SMILES string of the molecule is Cc1c(Oc2ccnc3ccc(OC4CCN(C)CC4)cc23)ccc(CC(=O)Nc2cnn(C(C)(C)C)c2)c1F. The smallest absolute Gasteiger partial charge is 0.228 e. The Labute approximate surface area is 234 Å². The van der Waals surface area contributed by atoms with Crippen LogP contribution in [0.1, 0.15) is 44.7 Å². The highest BCUT2D eigenvalue weighted by Gasteiger charge is 2.20. The van der Waals surface area contributed by atoms with Gasteiger partial charge in [0.15, 0.2) is 0 Å². The van der Waals surface area contributed by atoms with Gasteiger partial charge in [0.2, 0.25) is 5.91 Å². The quantitative estimate of drug-likeness (QED) is 0.303. The van der Waals surface area contributed by atoms with Crippen molar-refractivity contribution in [2.75, 3.05) is 25.5 Å². The summed E-state index contributed by atoms with van der Waals surface area (Å²) in [5.74, 6) is 0.905. The Bertz CT molecular complexity index is 1520. The third kappa shape index (κ3) is 6.25. The van der Waals surface area contributed by atoms with Crippen molar-refractivity contribution in [3.8, 4) is 17.2 Å². The van der Waals surface area contributed by atoms with Crippen LogP contribution in [0.15, 0.2) is 55.0 Å². The summed E-state index contributed by atoms with van der Waals surface area (Å²) in [5, 5.41) is 7.87. The molecule has 5 rings (SSSR count). The Morgan fingerprint density at radius 1 is 1.12 bits per heavy atom. The van der Waals surface area contributed by atoms with Crippen LogP contribution in [0.25, 0.3) is 10.9 Å². The van der Waals surface area contributed by atoms with E-state index in [-0.39, 0.29) is 24.0 Å². The summed E-state index contributed by atoms with van der Waals surface area (Å²) >= 11 is 0. The number of nitrogens with one attached hydrogen (secondary N) is 1. The number of pyridine rings is 1. The van der Waals surface area contributed by atoms with Gasteiger partial charge in [-0.2, -0.15) is 5.10 Å². The molecule has 1 aliphatic rings. The first-order valence-corrected chi connectivity index (χ1v) is 13.6. The number of halogens is 1. The molecule has 1 saturated heterocycles. The van der Waals surface area contributed by atoms with Gasteiger partial charge in [0.05, 0.1) is 29.4 Å². The molecule has 0 unspecified atom stereocenters. The Hall–Kier alpha value is -3.98. The lowest BCUT2D eigenvalue weighted by molar-refractivity contribution is -0.115. The summed E-state index contributed by atoms with van der Waals surface area (Å²) in [7, 11) is 2.12. The first-order valence-electron chi connectivity index (χ1n) is 13.6. The fraction of sp³-hybridized carbons (Fsp3) is 0.387. The molecule has 0 atom stereocenters. The number of carbonyl (C=O) groups is 1. The van der Waals surface area contributed by atoms with Crippen molar-refractivity contribution in [1.82, 2.24) is 19.7 Å². The molecule has 2 aromatic carbocycles. The highest BCUT2D eigenvalue weighted by molar-refractivity contribution is 5.92. The van der Waals surface area contributed by atoms with Gasteiger partial charge >= 0.3 is 0 Å². The number of piperidine rings is 1. The van der Waals surface area contributed by atoms with Crippen LogP contribution in [0, 0.1) is 12.7 Å². The molecule has 4 aromatic rings. The van der Waals surface area contributed by atoms with Crippen LogP contribution in [-0.4, -0.2) is 51.8 Å². The first kappa shape index (κ1) is 27.6. The minimum absolute atomic E-state index is 0.108.